The second-order valence-electron chi connectivity index (χ2n) is 7.48. The summed E-state index contributed by atoms with van der Waals surface area (Å²) < 4.78 is 5.06. The van der Waals surface area contributed by atoms with Crippen molar-refractivity contribution < 1.29 is 19.1 Å². The fourth-order valence-corrected chi connectivity index (χ4v) is 2.65. The lowest BCUT2D eigenvalue weighted by Crippen LogP contribution is -2.37. The molecule has 146 valence electrons. The van der Waals surface area contributed by atoms with Gasteiger partial charge in [0.2, 0.25) is 11.8 Å². The molecule has 1 aromatic carbocycles. The molecule has 1 fully saturated rings. The molecule has 1 aliphatic carbocycles. The Hall–Kier alpha value is -2.83. The van der Waals surface area contributed by atoms with Gasteiger partial charge in [0.15, 0.2) is 0 Å². The maximum absolute atomic E-state index is 12.0. The monoisotopic (exact) mass is 373 g/mol. The predicted octanol–water partition coefficient (Wildman–Crippen LogP) is 3.59. The van der Waals surface area contributed by atoms with Crippen LogP contribution in [0, 0.1) is 0 Å². The molecule has 0 aromatic heterocycles. The molecule has 0 radical (unpaired) electrons. The van der Waals surface area contributed by atoms with E-state index in [4.69, 9.17) is 4.74 Å². The molecule has 2 rings (SSSR count). The van der Waals surface area contributed by atoms with Crippen molar-refractivity contribution in [3.63, 3.8) is 0 Å². The lowest BCUT2D eigenvalue weighted by Gasteiger charge is -2.19. The quantitative estimate of drug-likeness (QED) is 0.687. The van der Waals surface area contributed by atoms with Crippen LogP contribution in [-0.4, -0.2) is 30.1 Å². The van der Waals surface area contributed by atoms with Crippen LogP contribution in [0.4, 0.5) is 16.2 Å². The van der Waals surface area contributed by atoms with Gasteiger partial charge in [-0.1, -0.05) is 5.57 Å². The van der Waals surface area contributed by atoms with Gasteiger partial charge in [0.05, 0.1) is 0 Å². The van der Waals surface area contributed by atoms with Crippen LogP contribution >= 0.6 is 0 Å². The third kappa shape index (κ3) is 7.94. The van der Waals surface area contributed by atoms with E-state index in [1.165, 1.54) is 5.57 Å². The molecule has 0 heterocycles. The molecule has 1 aliphatic rings. The van der Waals surface area contributed by atoms with E-state index >= 15 is 0 Å². The highest BCUT2D eigenvalue weighted by Gasteiger charge is 2.16. The number of amides is 3. The van der Waals surface area contributed by atoms with Crippen molar-refractivity contribution in [1.82, 2.24) is 5.32 Å². The van der Waals surface area contributed by atoms with Crippen molar-refractivity contribution in [2.45, 2.75) is 52.1 Å². The lowest BCUT2D eigenvalue weighted by molar-refractivity contribution is -0.115. The first kappa shape index (κ1) is 20.5. The van der Waals surface area contributed by atoms with Gasteiger partial charge in [0.1, 0.15) is 12.1 Å². The van der Waals surface area contributed by atoms with Gasteiger partial charge in [-0.25, -0.2) is 4.79 Å². The second kappa shape index (κ2) is 9.21. The fourth-order valence-electron chi connectivity index (χ4n) is 2.65. The Morgan fingerprint density at radius 2 is 1.56 bits per heavy atom. The van der Waals surface area contributed by atoms with Crippen LogP contribution in [0.15, 0.2) is 35.9 Å². The van der Waals surface area contributed by atoms with E-state index in [-0.39, 0.29) is 18.4 Å². The van der Waals surface area contributed by atoms with E-state index in [1.807, 2.05) is 0 Å². The highest BCUT2D eigenvalue weighted by atomic mass is 16.6. The van der Waals surface area contributed by atoms with Crippen LogP contribution in [0.5, 0.6) is 0 Å². The summed E-state index contributed by atoms with van der Waals surface area (Å²) in [6, 6.07) is 6.79. The Bertz CT molecular complexity index is 710. The van der Waals surface area contributed by atoms with Crippen molar-refractivity contribution in [2.75, 3.05) is 17.2 Å². The van der Waals surface area contributed by atoms with Crippen LogP contribution in [0.2, 0.25) is 0 Å². The number of ether oxygens (including phenoxy) is 1. The van der Waals surface area contributed by atoms with Crippen LogP contribution in [0.1, 0.15) is 46.5 Å². The summed E-state index contributed by atoms with van der Waals surface area (Å²) in [7, 11) is 0. The number of rotatable bonds is 5. The molecular formula is C20H27N3O4. The second-order valence-corrected chi connectivity index (χ2v) is 7.48. The number of carbonyl (C=O) groups is 3. The highest BCUT2D eigenvalue weighted by molar-refractivity contribution is 6.00. The van der Waals surface area contributed by atoms with Gasteiger partial charge in [-0.05, 0) is 70.7 Å². The molecule has 1 aromatic rings. The standard InChI is InChI=1S/C20H27N3O4/c1-20(2,3)27-19(26)21-13-18(25)23-16-10-8-15(9-11-16)22-17(24)12-14-6-4-5-7-14/h8-12H,4-7,13H2,1-3H3,(H,21,26)(H,22,24)(H,23,25). The van der Waals surface area contributed by atoms with E-state index < -0.39 is 11.7 Å². The third-order valence-electron chi connectivity index (χ3n) is 3.81. The van der Waals surface area contributed by atoms with Crippen molar-refractivity contribution in [3.05, 3.63) is 35.9 Å². The summed E-state index contributed by atoms with van der Waals surface area (Å²) in [5, 5.41) is 7.87. The Morgan fingerprint density at radius 3 is 2.11 bits per heavy atom. The van der Waals surface area contributed by atoms with E-state index in [0.717, 1.165) is 25.7 Å². The molecule has 0 atom stereocenters. The van der Waals surface area contributed by atoms with Gasteiger partial charge < -0.3 is 20.7 Å². The SMILES string of the molecule is CC(C)(C)OC(=O)NCC(=O)Nc1ccc(NC(=O)C=C2CCCC2)cc1. The molecule has 0 spiro atoms. The lowest BCUT2D eigenvalue weighted by atomic mass is 10.2. The van der Waals surface area contributed by atoms with Crippen molar-refractivity contribution in [3.8, 4) is 0 Å². The van der Waals surface area contributed by atoms with Crippen molar-refractivity contribution in [2.24, 2.45) is 0 Å². The Balaban J connectivity index is 1.77. The molecule has 7 nitrogen and oxygen atoms in total. The van der Waals surface area contributed by atoms with Crippen LogP contribution in [-0.2, 0) is 14.3 Å². The first-order valence-electron chi connectivity index (χ1n) is 9.08. The summed E-state index contributed by atoms with van der Waals surface area (Å²) in [6.07, 6.45) is 5.32. The van der Waals surface area contributed by atoms with Gasteiger partial charge in [-0.2, -0.15) is 0 Å². The molecular weight excluding hydrogens is 346 g/mol. The summed E-state index contributed by atoms with van der Waals surface area (Å²) in [6.45, 7) is 5.05. The van der Waals surface area contributed by atoms with Crippen LogP contribution < -0.4 is 16.0 Å². The number of hydrogen-bond donors (Lipinski definition) is 3. The van der Waals surface area contributed by atoms with Gasteiger partial charge in [0, 0.05) is 17.5 Å². The van der Waals surface area contributed by atoms with Crippen LogP contribution in [0.25, 0.3) is 0 Å². The average Bonchev–Trinajstić information content (AvgIpc) is 3.06. The van der Waals surface area contributed by atoms with E-state index in [9.17, 15) is 14.4 Å². The number of nitrogens with one attached hydrogen (secondary N) is 3. The Morgan fingerprint density at radius 1 is 1.00 bits per heavy atom. The zero-order chi connectivity index (χ0) is 19.9. The molecule has 3 amide bonds. The van der Waals surface area contributed by atoms with Gasteiger partial charge in [-0.3, -0.25) is 9.59 Å². The minimum atomic E-state index is -0.646. The topological polar surface area (TPSA) is 96.5 Å². The molecule has 0 saturated heterocycles. The minimum absolute atomic E-state index is 0.134. The summed E-state index contributed by atoms with van der Waals surface area (Å²) in [5.41, 5.74) is 1.79. The minimum Gasteiger partial charge on any atom is -0.444 e. The number of anilines is 2. The maximum Gasteiger partial charge on any atom is 0.408 e. The highest BCUT2D eigenvalue weighted by Crippen LogP contribution is 2.23. The number of allylic oxidation sites excluding steroid dienone is 1. The van der Waals surface area contributed by atoms with Crippen molar-refractivity contribution in [1.29, 1.82) is 0 Å². The smallest absolute Gasteiger partial charge is 0.408 e. The van der Waals surface area contributed by atoms with E-state index in [0.29, 0.717) is 11.4 Å². The number of carbonyl (C=O) groups excluding carboxylic acids is 3. The van der Waals surface area contributed by atoms with Gasteiger partial charge in [0.25, 0.3) is 0 Å². The molecule has 0 unspecified atom stereocenters. The van der Waals surface area contributed by atoms with Crippen LogP contribution in [0.3, 0.4) is 0 Å². The molecule has 1 saturated carbocycles. The molecule has 27 heavy (non-hydrogen) atoms. The number of benzene rings is 1. The molecule has 0 aliphatic heterocycles. The normalized spacial score (nSPS) is 13.7. The first-order chi connectivity index (χ1) is 12.7. The summed E-state index contributed by atoms with van der Waals surface area (Å²) in [4.78, 5) is 35.4. The first-order valence-corrected chi connectivity index (χ1v) is 9.08. The summed E-state index contributed by atoms with van der Waals surface area (Å²) >= 11 is 0. The zero-order valence-electron chi connectivity index (χ0n) is 16.1. The summed E-state index contributed by atoms with van der Waals surface area (Å²) in [5.74, 6) is -0.506. The molecule has 7 heteroatoms. The average molecular weight is 373 g/mol. The maximum atomic E-state index is 12.0. The Kier molecular flexibility index (Phi) is 6.98. The number of hydrogen-bond acceptors (Lipinski definition) is 4. The predicted molar refractivity (Wildman–Crippen MR) is 104 cm³/mol. The zero-order valence-corrected chi connectivity index (χ0v) is 16.1. The van der Waals surface area contributed by atoms with E-state index in [2.05, 4.69) is 16.0 Å². The third-order valence-corrected chi connectivity index (χ3v) is 3.81. The van der Waals surface area contributed by atoms with E-state index in [1.54, 1.807) is 51.1 Å². The van der Waals surface area contributed by atoms with Crippen molar-refractivity contribution >= 4 is 29.3 Å². The van der Waals surface area contributed by atoms with Gasteiger partial charge >= 0.3 is 6.09 Å². The fraction of sp³-hybridized carbons (Fsp3) is 0.450. The number of alkyl carbamates (subject to hydrolysis) is 1. The molecule has 0 bridgehead atoms. The molecule has 3 N–H and O–H groups in total. The largest absolute Gasteiger partial charge is 0.444 e. The van der Waals surface area contributed by atoms with Gasteiger partial charge in [-0.15, -0.1) is 0 Å². The Labute approximate surface area is 159 Å².